The van der Waals surface area contributed by atoms with E-state index in [4.69, 9.17) is 14.9 Å². The van der Waals surface area contributed by atoms with Crippen LogP contribution >= 0.6 is 0 Å². The molecule has 2 heterocycles. The van der Waals surface area contributed by atoms with Gasteiger partial charge in [0, 0.05) is 18.2 Å². The van der Waals surface area contributed by atoms with E-state index >= 15 is 0 Å². The van der Waals surface area contributed by atoms with Crippen LogP contribution in [-0.4, -0.2) is 49.7 Å². The second-order valence-electron chi connectivity index (χ2n) is 4.51. The van der Waals surface area contributed by atoms with Crippen LogP contribution in [0.3, 0.4) is 0 Å². The highest BCUT2D eigenvalue weighted by molar-refractivity contribution is 5.69. The third-order valence-electron chi connectivity index (χ3n) is 3.08. The summed E-state index contributed by atoms with van der Waals surface area (Å²) in [6.07, 6.45) is -1.99. The Labute approximate surface area is 112 Å². The summed E-state index contributed by atoms with van der Waals surface area (Å²) in [4.78, 5) is 35.8. The molecule has 4 N–H and O–H groups in total. The van der Waals surface area contributed by atoms with Crippen molar-refractivity contribution in [3.63, 3.8) is 0 Å². The third kappa shape index (κ3) is 2.79. The number of aliphatic hydroxyl groups is 2. The second-order valence-corrected chi connectivity index (χ2v) is 4.51. The smallest absolute Gasteiger partial charge is 0.330 e. The number of carboxylic acid groups (broad SMARTS) is 1. The maximum Gasteiger partial charge on any atom is 0.330 e. The zero-order chi connectivity index (χ0) is 14.9. The Morgan fingerprint density at radius 3 is 2.75 bits per heavy atom. The Kier molecular flexibility index (Phi) is 4.02. The van der Waals surface area contributed by atoms with Crippen LogP contribution in [0, 0.1) is 0 Å². The van der Waals surface area contributed by atoms with Crippen molar-refractivity contribution in [1.82, 2.24) is 9.55 Å². The minimum absolute atomic E-state index is 0.0592. The molecule has 2 rings (SSSR count). The Hall–Kier alpha value is -1.97. The molecule has 0 unspecified atom stereocenters. The van der Waals surface area contributed by atoms with Crippen LogP contribution in [0.15, 0.2) is 15.8 Å². The maximum absolute atomic E-state index is 11.7. The van der Waals surface area contributed by atoms with Crippen LogP contribution in [0.25, 0.3) is 0 Å². The minimum atomic E-state index is -1.21. The van der Waals surface area contributed by atoms with E-state index in [1.165, 1.54) is 0 Å². The van der Waals surface area contributed by atoms with Crippen molar-refractivity contribution in [3.8, 4) is 0 Å². The molecule has 0 aliphatic carbocycles. The van der Waals surface area contributed by atoms with Crippen LogP contribution in [0.5, 0.6) is 0 Å². The van der Waals surface area contributed by atoms with E-state index in [9.17, 15) is 19.5 Å². The van der Waals surface area contributed by atoms with Gasteiger partial charge < -0.3 is 20.1 Å². The predicted molar refractivity (Wildman–Crippen MR) is 64.3 cm³/mol. The van der Waals surface area contributed by atoms with E-state index in [2.05, 4.69) is 0 Å². The van der Waals surface area contributed by atoms with Gasteiger partial charge in [-0.15, -0.1) is 0 Å². The lowest BCUT2D eigenvalue weighted by Crippen LogP contribution is -2.34. The molecular weight excluding hydrogens is 272 g/mol. The molecule has 0 spiro atoms. The van der Waals surface area contributed by atoms with Crippen molar-refractivity contribution in [3.05, 3.63) is 32.6 Å². The number of aromatic nitrogens is 2. The van der Waals surface area contributed by atoms with E-state index in [1.54, 1.807) is 0 Å². The quantitative estimate of drug-likeness (QED) is 0.492. The number of aliphatic hydroxyl groups excluding tert-OH is 2. The lowest BCUT2D eigenvalue weighted by atomic mass is 10.2. The number of aliphatic carboxylic acids is 1. The summed E-state index contributed by atoms with van der Waals surface area (Å²) in [5.74, 6) is -1.21. The van der Waals surface area contributed by atoms with Gasteiger partial charge in [-0.2, -0.15) is 0 Å². The topological polar surface area (TPSA) is 142 Å². The number of aromatic amines is 1. The highest BCUT2D eigenvalue weighted by Gasteiger charge is 2.35. The van der Waals surface area contributed by atoms with Crippen molar-refractivity contribution in [2.24, 2.45) is 0 Å². The Morgan fingerprint density at radius 2 is 2.20 bits per heavy atom. The Bertz CT molecular complexity index is 620. The second kappa shape index (κ2) is 5.57. The molecule has 1 aromatic heterocycles. The molecule has 3 atom stereocenters. The zero-order valence-corrected chi connectivity index (χ0v) is 10.4. The van der Waals surface area contributed by atoms with E-state index < -0.39 is 48.7 Å². The fourth-order valence-electron chi connectivity index (χ4n) is 2.08. The van der Waals surface area contributed by atoms with Gasteiger partial charge in [0.25, 0.3) is 5.56 Å². The zero-order valence-electron chi connectivity index (χ0n) is 10.4. The molecule has 1 saturated heterocycles. The number of nitrogens with zero attached hydrogens (tertiary/aromatic N) is 1. The highest BCUT2D eigenvalue weighted by Crippen LogP contribution is 2.27. The monoisotopic (exact) mass is 286 g/mol. The molecule has 0 aromatic carbocycles. The number of carbonyl (C=O) groups is 1. The number of nitrogens with one attached hydrogen (secondary N) is 1. The van der Waals surface area contributed by atoms with Gasteiger partial charge in [-0.25, -0.2) is 4.79 Å². The number of carboxylic acids is 1. The normalized spacial score (nSPS) is 25.8. The highest BCUT2D eigenvalue weighted by atomic mass is 16.5. The van der Waals surface area contributed by atoms with Crippen molar-refractivity contribution >= 4 is 5.97 Å². The van der Waals surface area contributed by atoms with Crippen molar-refractivity contribution in [2.75, 3.05) is 6.61 Å². The van der Waals surface area contributed by atoms with Gasteiger partial charge in [0.1, 0.15) is 12.3 Å². The standard InChI is InChI=1S/C11H14N2O7/c14-4-7-6(15)2-8(20-7)13-3-5(1-9(16)17)10(18)12-11(13)19/h3,6-8,14-15H,1-2,4H2,(H,16,17)(H,12,18,19)/t6-,7+,8+/m0/s1. The summed E-state index contributed by atoms with van der Waals surface area (Å²) in [6, 6.07) is 0. The van der Waals surface area contributed by atoms with Crippen LogP contribution in [0.2, 0.25) is 0 Å². The molecule has 9 nitrogen and oxygen atoms in total. The van der Waals surface area contributed by atoms with Gasteiger partial charge in [-0.05, 0) is 0 Å². The third-order valence-corrected chi connectivity index (χ3v) is 3.08. The summed E-state index contributed by atoms with van der Waals surface area (Å²) in [6.45, 7) is -0.405. The van der Waals surface area contributed by atoms with Gasteiger partial charge >= 0.3 is 11.7 Å². The molecule has 1 fully saturated rings. The average molecular weight is 286 g/mol. The van der Waals surface area contributed by atoms with Gasteiger partial charge in [0.15, 0.2) is 0 Å². The Balaban J connectivity index is 2.35. The van der Waals surface area contributed by atoms with E-state index in [-0.39, 0.29) is 12.0 Å². The average Bonchev–Trinajstić information content (AvgIpc) is 2.73. The summed E-state index contributed by atoms with van der Waals surface area (Å²) >= 11 is 0. The van der Waals surface area contributed by atoms with E-state index in [1.807, 2.05) is 4.98 Å². The first kappa shape index (κ1) is 14.4. The summed E-state index contributed by atoms with van der Waals surface area (Å²) in [5, 5.41) is 27.3. The predicted octanol–water partition coefficient (Wildman–Crippen LogP) is -2.20. The van der Waals surface area contributed by atoms with Crippen molar-refractivity contribution in [2.45, 2.75) is 31.3 Å². The largest absolute Gasteiger partial charge is 0.481 e. The van der Waals surface area contributed by atoms with Gasteiger partial charge in [-0.3, -0.25) is 19.1 Å². The molecule has 0 amide bonds. The molecule has 20 heavy (non-hydrogen) atoms. The number of hydrogen-bond donors (Lipinski definition) is 4. The molecular formula is C11H14N2O7. The minimum Gasteiger partial charge on any atom is -0.481 e. The maximum atomic E-state index is 11.7. The molecule has 0 bridgehead atoms. The van der Waals surface area contributed by atoms with Crippen LogP contribution < -0.4 is 11.2 Å². The summed E-state index contributed by atoms with van der Waals surface area (Å²) in [5.41, 5.74) is -1.63. The van der Waals surface area contributed by atoms with Crippen LogP contribution in [0.1, 0.15) is 18.2 Å². The number of ether oxygens (including phenoxy) is 1. The van der Waals surface area contributed by atoms with Crippen molar-refractivity contribution < 1.29 is 24.9 Å². The Morgan fingerprint density at radius 1 is 1.50 bits per heavy atom. The van der Waals surface area contributed by atoms with Gasteiger partial charge in [-0.1, -0.05) is 0 Å². The molecule has 1 aliphatic heterocycles. The first-order chi connectivity index (χ1) is 9.42. The lowest BCUT2D eigenvalue weighted by Gasteiger charge is -2.14. The van der Waals surface area contributed by atoms with Crippen LogP contribution in [-0.2, 0) is 16.0 Å². The molecule has 0 saturated carbocycles. The van der Waals surface area contributed by atoms with Crippen molar-refractivity contribution in [1.29, 1.82) is 0 Å². The van der Waals surface area contributed by atoms with Gasteiger partial charge in [0.2, 0.25) is 0 Å². The molecule has 1 aromatic rings. The number of H-pyrrole nitrogens is 1. The molecule has 9 heteroatoms. The molecule has 0 radical (unpaired) electrons. The molecule has 110 valence electrons. The lowest BCUT2D eigenvalue weighted by molar-refractivity contribution is -0.136. The van der Waals surface area contributed by atoms with E-state index in [0.29, 0.717) is 0 Å². The number of hydrogen-bond acceptors (Lipinski definition) is 6. The SMILES string of the molecule is O=C(O)Cc1cn([C@H]2C[C@H](O)[C@@H](CO)O2)c(=O)[nH]c1=O. The molecule has 1 aliphatic rings. The summed E-state index contributed by atoms with van der Waals surface area (Å²) < 4.78 is 6.30. The van der Waals surface area contributed by atoms with Gasteiger partial charge in [0.05, 0.1) is 19.1 Å². The summed E-state index contributed by atoms with van der Waals surface area (Å²) in [7, 11) is 0. The fraction of sp³-hybridized carbons (Fsp3) is 0.545. The number of rotatable bonds is 4. The van der Waals surface area contributed by atoms with E-state index in [0.717, 1.165) is 10.8 Å². The fourth-order valence-corrected chi connectivity index (χ4v) is 2.08. The first-order valence-electron chi connectivity index (χ1n) is 5.93. The first-order valence-corrected chi connectivity index (χ1v) is 5.93. The van der Waals surface area contributed by atoms with Crippen LogP contribution in [0.4, 0.5) is 0 Å².